The summed E-state index contributed by atoms with van der Waals surface area (Å²) in [5.41, 5.74) is 13.0. The van der Waals surface area contributed by atoms with Gasteiger partial charge in [0.2, 0.25) is 0 Å². The minimum Gasteiger partial charge on any atom is -0.382 e. The van der Waals surface area contributed by atoms with Crippen LogP contribution in [0.4, 0.5) is 16.3 Å². The van der Waals surface area contributed by atoms with E-state index >= 15 is 0 Å². The molecule has 4 aromatic rings. The number of carbonyl (C=O) groups excluding carboxylic acids is 1. The Hall–Kier alpha value is -3.61. The molecule has 2 amide bonds. The van der Waals surface area contributed by atoms with Gasteiger partial charge in [0, 0.05) is 24.2 Å². The van der Waals surface area contributed by atoms with Gasteiger partial charge < -0.3 is 20.9 Å². The number of nitrogens with two attached hydrogens (primary N) is 1. The zero-order valence-corrected chi connectivity index (χ0v) is 18.2. The summed E-state index contributed by atoms with van der Waals surface area (Å²) in [6, 6.07) is 11.9. The highest BCUT2D eigenvalue weighted by Crippen LogP contribution is 2.27. The fourth-order valence-corrected chi connectivity index (χ4v) is 3.85. The molecule has 2 aromatic carbocycles. The maximum absolute atomic E-state index is 12.3. The number of nitrogens with one attached hydrogen (secondary N) is 2. The Morgan fingerprint density at radius 3 is 2.68 bits per heavy atom. The molecule has 0 aliphatic rings. The number of amides is 2. The molecule has 0 saturated heterocycles. The molecule has 160 valence electrons. The van der Waals surface area contributed by atoms with Crippen LogP contribution in [0.2, 0.25) is 0 Å². The summed E-state index contributed by atoms with van der Waals surface area (Å²) in [5.74, 6) is 0.451. The second-order valence-corrected chi connectivity index (χ2v) is 7.99. The van der Waals surface area contributed by atoms with Crippen LogP contribution in [-0.4, -0.2) is 27.1 Å². The molecule has 31 heavy (non-hydrogen) atoms. The highest BCUT2D eigenvalue weighted by Gasteiger charge is 2.12. The van der Waals surface area contributed by atoms with Gasteiger partial charge in [0.05, 0.1) is 17.4 Å². The number of carbonyl (C=O) groups is 1. The molecule has 7 nitrogen and oxygen atoms in total. The Balaban J connectivity index is 1.33. The van der Waals surface area contributed by atoms with Gasteiger partial charge in [-0.3, -0.25) is 0 Å². The van der Waals surface area contributed by atoms with Crippen molar-refractivity contribution in [2.45, 2.75) is 40.2 Å². The van der Waals surface area contributed by atoms with Crippen molar-refractivity contribution in [3.8, 4) is 0 Å². The molecule has 0 aliphatic carbocycles. The molecule has 0 atom stereocenters. The van der Waals surface area contributed by atoms with Gasteiger partial charge in [-0.05, 0) is 62.4 Å². The number of hydrogen-bond donors (Lipinski definition) is 3. The van der Waals surface area contributed by atoms with Crippen LogP contribution >= 0.6 is 0 Å². The predicted octanol–water partition coefficient (Wildman–Crippen LogP) is 4.69. The van der Waals surface area contributed by atoms with Crippen LogP contribution in [0, 0.1) is 20.8 Å². The first-order valence-corrected chi connectivity index (χ1v) is 10.6. The van der Waals surface area contributed by atoms with Crippen molar-refractivity contribution >= 4 is 39.5 Å². The third-order valence-electron chi connectivity index (χ3n) is 5.68. The third kappa shape index (κ3) is 4.30. The van der Waals surface area contributed by atoms with E-state index in [2.05, 4.69) is 38.2 Å². The summed E-state index contributed by atoms with van der Waals surface area (Å²) >= 11 is 0. The first kappa shape index (κ1) is 20.7. The molecule has 0 radical (unpaired) electrons. The van der Waals surface area contributed by atoms with Crippen LogP contribution in [0.15, 0.2) is 42.7 Å². The van der Waals surface area contributed by atoms with Crippen molar-refractivity contribution in [3.05, 3.63) is 59.4 Å². The number of rotatable bonds is 6. The fourth-order valence-electron chi connectivity index (χ4n) is 3.85. The van der Waals surface area contributed by atoms with Crippen LogP contribution in [-0.2, 0) is 6.54 Å². The molecular formula is C24H28N6O. The molecule has 2 aromatic heterocycles. The molecule has 0 fully saturated rings. The number of nitrogen functional groups attached to an aromatic ring is 1. The minimum atomic E-state index is -0.177. The normalized spacial score (nSPS) is 11.2. The average molecular weight is 417 g/mol. The van der Waals surface area contributed by atoms with Crippen LogP contribution in [0.1, 0.15) is 29.5 Å². The largest absolute Gasteiger partial charge is 0.382 e. The maximum atomic E-state index is 12.3. The van der Waals surface area contributed by atoms with E-state index in [0.717, 1.165) is 58.1 Å². The van der Waals surface area contributed by atoms with Crippen molar-refractivity contribution in [3.63, 3.8) is 0 Å². The van der Waals surface area contributed by atoms with Gasteiger partial charge in [-0.2, -0.15) is 0 Å². The molecule has 0 spiro atoms. The maximum Gasteiger partial charge on any atom is 0.319 e. The van der Waals surface area contributed by atoms with E-state index in [4.69, 9.17) is 5.73 Å². The number of unbranched alkanes of at least 4 members (excludes halogenated alkanes) is 1. The number of aromatic nitrogens is 3. The number of para-hydroxylation sites is 1. The first-order valence-electron chi connectivity index (χ1n) is 10.6. The molecule has 0 bridgehead atoms. The fraction of sp³-hybridized carbons (Fsp3) is 0.292. The van der Waals surface area contributed by atoms with Crippen molar-refractivity contribution in [2.24, 2.45) is 0 Å². The van der Waals surface area contributed by atoms with Crippen LogP contribution < -0.4 is 16.4 Å². The number of imidazole rings is 1. The van der Waals surface area contributed by atoms with Gasteiger partial charge >= 0.3 is 6.03 Å². The number of anilines is 2. The van der Waals surface area contributed by atoms with Crippen molar-refractivity contribution in [1.82, 2.24) is 19.9 Å². The van der Waals surface area contributed by atoms with Gasteiger partial charge in [0.1, 0.15) is 5.52 Å². The second kappa shape index (κ2) is 8.63. The number of nitrogens with zero attached hydrogens (tertiary/aromatic N) is 3. The summed E-state index contributed by atoms with van der Waals surface area (Å²) in [6.45, 7) is 7.52. The number of aryl methyl sites for hydroxylation is 4. The zero-order valence-electron chi connectivity index (χ0n) is 18.2. The quantitative estimate of drug-likeness (QED) is 0.397. The Labute approximate surface area is 181 Å². The monoisotopic (exact) mass is 416 g/mol. The van der Waals surface area contributed by atoms with Crippen LogP contribution in [0.5, 0.6) is 0 Å². The summed E-state index contributed by atoms with van der Waals surface area (Å²) < 4.78 is 2.12. The van der Waals surface area contributed by atoms with E-state index in [-0.39, 0.29) is 6.03 Å². The highest BCUT2D eigenvalue weighted by molar-refractivity contribution is 6.06. The van der Waals surface area contributed by atoms with E-state index in [9.17, 15) is 4.79 Å². The first-order chi connectivity index (χ1) is 14.9. The molecule has 4 N–H and O–H groups in total. The lowest BCUT2D eigenvalue weighted by atomic mass is 10.1. The summed E-state index contributed by atoms with van der Waals surface area (Å²) in [5, 5.41) is 6.94. The Morgan fingerprint density at radius 2 is 1.84 bits per heavy atom. The van der Waals surface area contributed by atoms with Gasteiger partial charge in [0.15, 0.2) is 5.82 Å². The molecule has 7 heteroatoms. The van der Waals surface area contributed by atoms with Gasteiger partial charge in [-0.15, -0.1) is 0 Å². The van der Waals surface area contributed by atoms with E-state index in [1.165, 1.54) is 5.56 Å². The topological polar surface area (TPSA) is 97.9 Å². The Morgan fingerprint density at radius 1 is 1.06 bits per heavy atom. The molecule has 0 aliphatic heterocycles. The van der Waals surface area contributed by atoms with Gasteiger partial charge in [0.25, 0.3) is 0 Å². The smallest absolute Gasteiger partial charge is 0.319 e. The number of benzene rings is 2. The van der Waals surface area contributed by atoms with Crippen molar-refractivity contribution < 1.29 is 4.79 Å². The van der Waals surface area contributed by atoms with Crippen molar-refractivity contribution in [1.29, 1.82) is 0 Å². The van der Waals surface area contributed by atoms with Crippen LogP contribution in [0.3, 0.4) is 0 Å². The molecule has 2 heterocycles. The predicted molar refractivity (Wildman–Crippen MR) is 126 cm³/mol. The number of pyridine rings is 1. The molecule has 0 saturated carbocycles. The molecular weight excluding hydrogens is 388 g/mol. The van der Waals surface area contributed by atoms with E-state index in [0.29, 0.717) is 12.4 Å². The summed E-state index contributed by atoms with van der Waals surface area (Å²) in [4.78, 5) is 21.2. The minimum absolute atomic E-state index is 0.177. The lowest BCUT2D eigenvalue weighted by Gasteiger charge is -2.12. The standard InChI is InChI=1S/C24H28N6O/c1-15-12-17(3)20(13-16(15)2)29-24(31)26-10-6-7-11-30-14-27-21-22(30)18-8-4-5-9-19(18)28-23(21)25/h4-5,8-9,12-14H,6-7,10-11H2,1-3H3,(H2,25,28)(H2,26,29,31). The van der Waals surface area contributed by atoms with E-state index in [1.54, 1.807) is 0 Å². The summed E-state index contributed by atoms with van der Waals surface area (Å²) in [7, 11) is 0. The zero-order chi connectivity index (χ0) is 22.0. The average Bonchev–Trinajstić information content (AvgIpc) is 3.17. The number of urea groups is 1. The lowest BCUT2D eigenvalue weighted by Crippen LogP contribution is -2.30. The Bertz CT molecular complexity index is 1260. The van der Waals surface area contributed by atoms with Gasteiger partial charge in [-0.1, -0.05) is 24.3 Å². The van der Waals surface area contributed by atoms with E-state index in [1.807, 2.05) is 50.5 Å². The Kier molecular flexibility index (Phi) is 5.75. The lowest BCUT2D eigenvalue weighted by molar-refractivity contribution is 0.252. The van der Waals surface area contributed by atoms with Gasteiger partial charge in [-0.25, -0.2) is 14.8 Å². The van der Waals surface area contributed by atoms with Crippen molar-refractivity contribution in [2.75, 3.05) is 17.6 Å². The highest BCUT2D eigenvalue weighted by atomic mass is 16.2. The number of fused-ring (bicyclic) bond motifs is 3. The van der Waals surface area contributed by atoms with E-state index < -0.39 is 0 Å². The summed E-state index contributed by atoms with van der Waals surface area (Å²) in [6.07, 6.45) is 3.58. The number of hydrogen-bond acceptors (Lipinski definition) is 4. The third-order valence-corrected chi connectivity index (χ3v) is 5.68. The molecule has 4 rings (SSSR count). The SMILES string of the molecule is Cc1cc(C)c(NC(=O)NCCCCn2cnc3c(N)nc4ccccc4c32)cc1C. The van der Waals surface area contributed by atoms with Crippen LogP contribution in [0.25, 0.3) is 21.9 Å². The second-order valence-electron chi connectivity index (χ2n) is 7.99. The molecule has 0 unspecified atom stereocenters.